The molecule has 0 aliphatic rings. The lowest BCUT2D eigenvalue weighted by atomic mass is 10.4. The van der Waals surface area contributed by atoms with Gasteiger partial charge in [-0.3, -0.25) is 0 Å². The molecule has 4 nitrogen and oxygen atoms in total. The third-order valence-electron chi connectivity index (χ3n) is 1.68. The molecule has 0 saturated heterocycles. The molecule has 0 unspecified atom stereocenters. The Kier molecular flexibility index (Phi) is 5.53. The van der Waals surface area contributed by atoms with E-state index in [2.05, 4.69) is 9.97 Å². The Labute approximate surface area is 94.6 Å². The summed E-state index contributed by atoms with van der Waals surface area (Å²) in [6, 6.07) is 1.71. The summed E-state index contributed by atoms with van der Waals surface area (Å²) >= 11 is 5.78. The summed E-state index contributed by atoms with van der Waals surface area (Å²) in [4.78, 5) is 8.23. The predicted octanol–water partition coefficient (Wildman–Crippen LogP) is 1.99. The van der Waals surface area contributed by atoms with Crippen molar-refractivity contribution in [3.63, 3.8) is 0 Å². The van der Waals surface area contributed by atoms with Gasteiger partial charge in [-0.05, 0) is 19.9 Å². The van der Waals surface area contributed by atoms with Gasteiger partial charge in [0.05, 0.1) is 13.2 Å². The van der Waals surface area contributed by atoms with Crippen molar-refractivity contribution < 1.29 is 9.47 Å². The molecule has 1 rings (SSSR count). The largest absolute Gasteiger partial charge is 0.379 e. The molecule has 0 spiro atoms. The second-order valence-electron chi connectivity index (χ2n) is 3.00. The fourth-order valence-electron chi connectivity index (χ4n) is 1.08. The van der Waals surface area contributed by atoms with Crippen LogP contribution in [0.2, 0.25) is 5.15 Å². The van der Waals surface area contributed by atoms with Crippen LogP contribution >= 0.6 is 11.6 Å². The summed E-state index contributed by atoms with van der Waals surface area (Å²) in [5, 5.41) is 0.450. The number of nitrogens with zero attached hydrogens (tertiary/aromatic N) is 2. The molecule has 0 amide bonds. The van der Waals surface area contributed by atoms with Crippen LogP contribution in [0.1, 0.15) is 18.4 Å². The zero-order chi connectivity index (χ0) is 11.1. The fourth-order valence-corrected chi connectivity index (χ4v) is 1.33. The Morgan fingerprint density at radius 1 is 1.27 bits per heavy atom. The first-order valence-corrected chi connectivity index (χ1v) is 5.25. The minimum Gasteiger partial charge on any atom is -0.379 e. The molecule has 0 radical (unpaired) electrons. The maximum atomic E-state index is 5.78. The lowest BCUT2D eigenvalue weighted by Crippen LogP contribution is -2.06. The zero-order valence-electron chi connectivity index (χ0n) is 8.99. The maximum absolute atomic E-state index is 5.78. The topological polar surface area (TPSA) is 44.2 Å². The van der Waals surface area contributed by atoms with Crippen molar-refractivity contribution in [1.82, 2.24) is 9.97 Å². The molecule has 5 heteroatoms. The highest BCUT2D eigenvalue weighted by molar-refractivity contribution is 6.29. The Bertz CT molecular complexity index is 287. The average molecular weight is 231 g/mol. The quantitative estimate of drug-likeness (QED) is 0.554. The van der Waals surface area contributed by atoms with Crippen molar-refractivity contribution in [2.75, 3.05) is 19.8 Å². The zero-order valence-corrected chi connectivity index (χ0v) is 9.75. The van der Waals surface area contributed by atoms with Gasteiger partial charge in [-0.25, -0.2) is 9.97 Å². The van der Waals surface area contributed by atoms with Gasteiger partial charge in [-0.15, -0.1) is 0 Å². The molecular formula is C10H15ClN2O2. The normalized spacial score (nSPS) is 10.6. The first-order chi connectivity index (χ1) is 7.22. The van der Waals surface area contributed by atoms with E-state index in [9.17, 15) is 0 Å². The minimum atomic E-state index is 0.370. The molecule has 15 heavy (non-hydrogen) atoms. The standard InChI is InChI=1S/C10H15ClN2O2/c1-3-14-4-5-15-7-10-12-8(2)6-9(11)13-10/h6H,3-5,7H2,1-2H3. The van der Waals surface area contributed by atoms with E-state index in [-0.39, 0.29) is 0 Å². The van der Waals surface area contributed by atoms with Crippen molar-refractivity contribution >= 4 is 11.6 Å². The van der Waals surface area contributed by atoms with E-state index in [0.717, 1.165) is 5.69 Å². The van der Waals surface area contributed by atoms with E-state index in [1.807, 2.05) is 13.8 Å². The molecule has 0 bridgehead atoms. The monoisotopic (exact) mass is 230 g/mol. The summed E-state index contributed by atoms with van der Waals surface area (Å²) in [5.41, 5.74) is 0.846. The maximum Gasteiger partial charge on any atom is 0.155 e. The van der Waals surface area contributed by atoms with Gasteiger partial charge in [-0.2, -0.15) is 0 Å². The molecule has 0 aliphatic heterocycles. The summed E-state index contributed by atoms with van der Waals surface area (Å²) in [6.07, 6.45) is 0. The van der Waals surface area contributed by atoms with Crippen molar-refractivity contribution in [2.24, 2.45) is 0 Å². The molecule has 1 aromatic rings. The predicted molar refractivity (Wildman–Crippen MR) is 57.9 cm³/mol. The summed E-state index contributed by atoms with van der Waals surface area (Å²) in [6.45, 7) is 6.03. The number of aryl methyl sites for hydroxylation is 1. The highest BCUT2D eigenvalue weighted by atomic mass is 35.5. The third-order valence-corrected chi connectivity index (χ3v) is 1.87. The molecule has 1 heterocycles. The number of rotatable bonds is 6. The van der Waals surface area contributed by atoms with Gasteiger partial charge >= 0.3 is 0 Å². The van der Waals surface area contributed by atoms with Crippen LogP contribution in [0.15, 0.2) is 6.07 Å². The lowest BCUT2D eigenvalue weighted by Gasteiger charge is -2.04. The fraction of sp³-hybridized carbons (Fsp3) is 0.600. The summed E-state index contributed by atoms with van der Waals surface area (Å²) < 4.78 is 10.5. The van der Waals surface area contributed by atoms with E-state index in [1.54, 1.807) is 6.07 Å². The van der Waals surface area contributed by atoms with Crippen molar-refractivity contribution in [3.8, 4) is 0 Å². The van der Waals surface area contributed by atoms with Gasteiger partial charge in [0.15, 0.2) is 5.82 Å². The SMILES string of the molecule is CCOCCOCc1nc(C)cc(Cl)n1. The smallest absolute Gasteiger partial charge is 0.155 e. The highest BCUT2D eigenvalue weighted by Gasteiger charge is 2.00. The van der Waals surface area contributed by atoms with Crippen LogP contribution < -0.4 is 0 Å². The van der Waals surface area contributed by atoms with Crippen molar-refractivity contribution in [3.05, 3.63) is 22.7 Å². The van der Waals surface area contributed by atoms with Gasteiger partial charge in [0.25, 0.3) is 0 Å². The number of hydrogen-bond acceptors (Lipinski definition) is 4. The van der Waals surface area contributed by atoms with Crippen LogP contribution in [0, 0.1) is 6.92 Å². The second kappa shape index (κ2) is 6.71. The van der Waals surface area contributed by atoms with Crippen LogP contribution in [0.25, 0.3) is 0 Å². The average Bonchev–Trinajstić information content (AvgIpc) is 2.16. The minimum absolute atomic E-state index is 0.370. The number of hydrogen-bond donors (Lipinski definition) is 0. The summed E-state index contributed by atoms with van der Waals surface area (Å²) in [7, 11) is 0. The molecule has 0 saturated carbocycles. The van der Waals surface area contributed by atoms with Crippen LogP contribution in [-0.4, -0.2) is 29.8 Å². The van der Waals surface area contributed by atoms with Crippen LogP contribution in [0.4, 0.5) is 0 Å². The molecule has 0 fully saturated rings. The first kappa shape index (κ1) is 12.4. The van der Waals surface area contributed by atoms with Gasteiger partial charge in [0.1, 0.15) is 11.8 Å². The Hall–Kier alpha value is -0.710. The van der Waals surface area contributed by atoms with E-state index in [0.29, 0.717) is 37.4 Å². The first-order valence-electron chi connectivity index (χ1n) is 4.88. The molecule has 0 N–H and O–H groups in total. The number of halogens is 1. The van der Waals surface area contributed by atoms with Crippen molar-refractivity contribution in [1.29, 1.82) is 0 Å². The van der Waals surface area contributed by atoms with Crippen LogP contribution in [0.5, 0.6) is 0 Å². The molecule has 84 valence electrons. The van der Waals surface area contributed by atoms with Crippen LogP contribution in [0.3, 0.4) is 0 Å². The Morgan fingerprint density at radius 2 is 2.00 bits per heavy atom. The third kappa shape index (κ3) is 5.06. The van der Waals surface area contributed by atoms with Gasteiger partial charge < -0.3 is 9.47 Å². The summed E-state index contributed by atoms with van der Waals surface area (Å²) in [5.74, 6) is 0.608. The van der Waals surface area contributed by atoms with Crippen molar-refractivity contribution in [2.45, 2.75) is 20.5 Å². The molecule has 0 aliphatic carbocycles. The molecule has 1 aromatic heterocycles. The van der Waals surface area contributed by atoms with E-state index >= 15 is 0 Å². The van der Waals surface area contributed by atoms with E-state index < -0.39 is 0 Å². The Morgan fingerprint density at radius 3 is 2.67 bits per heavy atom. The Balaban J connectivity index is 2.31. The molecule has 0 aromatic carbocycles. The van der Waals surface area contributed by atoms with E-state index in [1.165, 1.54) is 0 Å². The van der Waals surface area contributed by atoms with Gasteiger partial charge in [0, 0.05) is 12.3 Å². The second-order valence-corrected chi connectivity index (χ2v) is 3.39. The van der Waals surface area contributed by atoms with E-state index in [4.69, 9.17) is 21.1 Å². The van der Waals surface area contributed by atoms with Gasteiger partial charge in [-0.1, -0.05) is 11.6 Å². The highest BCUT2D eigenvalue weighted by Crippen LogP contribution is 2.06. The molecule has 0 atom stereocenters. The molecular weight excluding hydrogens is 216 g/mol. The lowest BCUT2D eigenvalue weighted by molar-refractivity contribution is 0.0428. The number of aromatic nitrogens is 2. The van der Waals surface area contributed by atoms with Gasteiger partial charge in [0.2, 0.25) is 0 Å². The number of ether oxygens (including phenoxy) is 2. The van der Waals surface area contributed by atoms with Crippen LogP contribution in [-0.2, 0) is 16.1 Å².